The highest BCUT2D eigenvalue weighted by atomic mass is 79.9. The fraction of sp³-hybridized carbons (Fsp3) is 0.417. The molecule has 6 heteroatoms. The van der Waals surface area contributed by atoms with Crippen molar-refractivity contribution in [3.8, 4) is 6.07 Å². The van der Waals surface area contributed by atoms with Gasteiger partial charge in [0.15, 0.2) is 0 Å². The average molecular weight is 310 g/mol. The molecule has 0 amide bonds. The summed E-state index contributed by atoms with van der Waals surface area (Å²) in [4.78, 5) is 17.4. The van der Waals surface area contributed by atoms with Crippen LogP contribution in [0.25, 0.3) is 0 Å². The second-order valence-corrected chi connectivity index (χ2v) is 5.08. The maximum atomic E-state index is 11.2. The number of nitriles is 1. The fourth-order valence-electron chi connectivity index (χ4n) is 1.84. The maximum absolute atomic E-state index is 11.2. The number of hydrogen-bond donors (Lipinski definition) is 1. The third-order valence-electron chi connectivity index (χ3n) is 2.79. The SMILES string of the molecule is N#CCCN(c1ncc(Br)cc1C(=O)O)C1CC1. The Morgan fingerprint density at radius 2 is 2.39 bits per heavy atom. The molecule has 5 nitrogen and oxygen atoms in total. The van der Waals surface area contributed by atoms with E-state index in [0.717, 1.165) is 12.8 Å². The molecule has 1 saturated carbocycles. The highest BCUT2D eigenvalue weighted by Gasteiger charge is 2.32. The van der Waals surface area contributed by atoms with Gasteiger partial charge in [0.2, 0.25) is 0 Å². The summed E-state index contributed by atoms with van der Waals surface area (Å²) in [5.41, 5.74) is 0.175. The number of pyridine rings is 1. The smallest absolute Gasteiger partial charge is 0.339 e. The average Bonchev–Trinajstić information content (AvgIpc) is 3.15. The first-order chi connectivity index (χ1) is 8.63. The van der Waals surface area contributed by atoms with Gasteiger partial charge in [-0.25, -0.2) is 9.78 Å². The lowest BCUT2D eigenvalue weighted by Gasteiger charge is -2.23. The molecule has 2 rings (SSSR count). The topological polar surface area (TPSA) is 77.2 Å². The third kappa shape index (κ3) is 2.79. The molecule has 1 heterocycles. The first-order valence-electron chi connectivity index (χ1n) is 5.66. The van der Waals surface area contributed by atoms with Crippen molar-refractivity contribution >= 4 is 27.7 Å². The molecule has 18 heavy (non-hydrogen) atoms. The Kier molecular flexibility index (Phi) is 3.82. The summed E-state index contributed by atoms with van der Waals surface area (Å²) < 4.78 is 0.639. The minimum Gasteiger partial charge on any atom is -0.478 e. The van der Waals surface area contributed by atoms with Crippen LogP contribution in [-0.2, 0) is 0 Å². The van der Waals surface area contributed by atoms with E-state index in [-0.39, 0.29) is 5.56 Å². The molecule has 1 aliphatic rings. The molecule has 0 radical (unpaired) electrons. The van der Waals surface area contributed by atoms with Crippen LogP contribution in [-0.4, -0.2) is 28.6 Å². The van der Waals surface area contributed by atoms with Gasteiger partial charge in [-0.05, 0) is 34.8 Å². The number of rotatable bonds is 5. The second kappa shape index (κ2) is 5.36. The Labute approximate surface area is 113 Å². The van der Waals surface area contributed by atoms with Gasteiger partial charge in [-0.1, -0.05) is 0 Å². The van der Waals surface area contributed by atoms with E-state index in [1.165, 1.54) is 0 Å². The fourth-order valence-corrected chi connectivity index (χ4v) is 2.17. The summed E-state index contributed by atoms with van der Waals surface area (Å²) in [5, 5.41) is 17.9. The molecule has 1 aromatic heterocycles. The molecular weight excluding hydrogens is 298 g/mol. The molecule has 1 aromatic rings. The van der Waals surface area contributed by atoms with E-state index in [1.807, 2.05) is 4.90 Å². The van der Waals surface area contributed by atoms with Crippen molar-refractivity contribution in [1.29, 1.82) is 5.26 Å². The van der Waals surface area contributed by atoms with Crippen LogP contribution < -0.4 is 4.90 Å². The van der Waals surface area contributed by atoms with Crippen LogP contribution in [0, 0.1) is 11.3 Å². The molecule has 1 N–H and O–H groups in total. The molecule has 0 aliphatic heterocycles. The number of aromatic nitrogens is 1. The van der Waals surface area contributed by atoms with Crippen molar-refractivity contribution in [2.75, 3.05) is 11.4 Å². The minimum absolute atomic E-state index is 0.175. The number of nitrogens with zero attached hydrogens (tertiary/aromatic N) is 3. The summed E-state index contributed by atoms with van der Waals surface area (Å²) in [6.07, 6.45) is 4.02. The predicted octanol–water partition coefficient (Wildman–Crippen LogP) is 2.42. The number of carboxylic acid groups (broad SMARTS) is 1. The number of aromatic carboxylic acids is 1. The van der Waals surface area contributed by atoms with E-state index in [9.17, 15) is 9.90 Å². The van der Waals surface area contributed by atoms with Crippen LogP contribution in [0.15, 0.2) is 16.7 Å². The zero-order valence-corrected chi connectivity index (χ0v) is 11.2. The van der Waals surface area contributed by atoms with E-state index in [1.54, 1.807) is 12.3 Å². The van der Waals surface area contributed by atoms with Crippen LogP contribution >= 0.6 is 15.9 Å². The van der Waals surface area contributed by atoms with Gasteiger partial charge >= 0.3 is 5.97 Å². The molecule has 1 aliphatic carbocycles. The molecule has 0 unspecified atom stereocenters. The van der Waals surface area contributed by atoms with Crippen LogP contribution in [0.5, 0.6) is 0 Å². The molecule has 0 bridgehead atoms. The van der Waals surface area contributed by atoms with Gasteiger partial charge in [0.05, 0.1) is 12.5 Å². The Bertz CT molecular complexity index is 509. The van der Waals surface area contributed by atoms with Crippen LogP contribution in [0.1, 0.15) is 29.6 Å². The molecule has 1 fully saturated rings. The second-order valence-electron chi connectivity index (χ2n) is 4.16. The van der Waals surface area contributed by atoms with Crippen molar-refractivity contribution in [3.63, 3.8) is 0 Å². The van der Waals surface area contributed by atoms with Crippen molar-refractivity contribution < 1.29 is 9.90 Å². The van der Waals surface area contributed by atoms with Crippen molar-refractivity contribution in [2.24, 2.45) is 0 Å². The number of carboxylic acids is 1. The normalized spacial score (nSPS) is 14.0. The Balaban J connectivity index is 2.34. The van der Waals surface area contributed by atoms with Gasteiger partial charge in [-0.3, -0.25) is 0 Å². The Morgan fingerprint density at radius 3 is 2.94 bits per heavy atom. The van der Waals surface area contributed by atoms with E-state index in [2.05, 4.69) is 27.0 Å². The van der Waals surface area contributed by atoms with Gasteiger partial charge < -0.3 is 10.0 Å². The summed E-state index contributed by atoms with van der Waals surface area (Å²) >= 11 is 3.22. The van der Waals surface area contributed by atoms with Gasteiger partial charge in [0, 0.05) is 23.3 Å². The highest BCUT2D eigenvalue weighted by Crippen LogP contribution is 2.33. The zero-order chi connectivity index (χ0) is 13.1. The lowest BCUT2D eigenvalue weighted by Crippen LogP contribution is -2.29. The minimum atomic E-state index is -0.999. The quantitative estimate of drug-likeness (QED) is 0.904. The Hall–Kier alpha value is -1.61. The summed E-state index contributed by atoms with van der Waals surface area (Å²) in [6.45, 7) is 0.524. The molecule has 0 aromatic carbocycles. The van der Waals surface area contributed by atoms with E-state index in [0.29, 0.717) is 29.3 Å². The molecule has 0 atom stereocenters. The van der Waals surface area contributed by atoms with Crippen molar-refractivity contribution in [3.05, 3.63) is 22.3 Å². The summed E-state index contributed by atoms with van der Waals surface area (Å²) in [5.74, 6) is -0.537. The molecule has 0 spiro atoms. The zero-order valence-electron chi connectivity index (χ0n) is 9.64. The van der Waals surface area contributed by atoms with Crippen LogP contribution in [0.2, 0.25) is 0 Å². The molecule has 0 saturated heterocycles. The monoisotopic (exact) mass is 309 g/mol. The standard InChI is InChI=1S/C12H12BrN3O2/c13-8-6-10(12(17)18)11(15-7-8)16(5-1-4-14)9-2-3-9/h6-7,9H,1-3,5H2,(H,17,18). The number of anilines is 1. The lowest BCUT2D eigenvalue weighted by atomic mass is 10.2. The van der Waals surface area contributed by atoms with Crippen LogP contribution in [0.4, 0.5) is 5.82 Å². The van der Waals surface area contributed by atoms with Gasteiger partial charge in [0.1, 0.15) is 11.4 Å². The summed E-state index contributed by atoms with van der Waals surface area (Å²) in [6, 6.07) is 3.96. The van der Waals surface area contributed by atoms with Gasteiger partial charge in [-0.2, -0.15) is 5.26 Å². The molecular formula is C12H12BrN3O2. The van der Waals surface area contributed by atoms with Crippen molar-refractivity contribution in [1.82, 2.24) is 4.98 Å². The van der Waals surface area contributed by atoms with Crippen LogP contribution in [0.3, 0.4) is 0 Å². The Morgan fingerprint density at radius 1 is 1.67 bits per heavy atom. The van der Waals surface area contributed by atoms with E-state index < -0.39 is 5.97 Å². The van der Waals surface area contributed by atoms with Crippen molar-refractivity contribution in [2.45, 2.75) is 25.3 Å². The number of hydrogen-bond acceptors (Lipinski definition) is 4. The van der Waals surface area contributed by atoms with Gasteiger partial charge in [-0.15, -0.1) is 0 Å². The van der Waals surface area contributed by atoms with E-state index in [4.69, 9.17) is 5.26 Å². The summed E-state index contributed by atoms with van der Waals surface area (Å²) in [7, 11) is 0. The largest absolute Gasteiger partial charge is 0.478 e. The van der Waals surface area contributed by atoms with E-state index >= 15 is 0 Å². The number of carbonyl (C=O) groups is 1. The first-order valence-corrected chi connectivity index (χ1v) is 6.45. The van der Waals surface area contributed by atoms with Gasteiger partial charge in [0.25, 0.3) is 0 Å². The molecule has 94 valence electrons. The predicted molar refractivity (Wildman–Crippen MR) is 69.5 cm³/mol. The highest BCUT2D eigenvalue weighted by molar-refractivity contribution is 9.10. The number of halogens is 1. The third-order valence-corrected chi connectivity index (χ3v) is 3.22. The first kappa shape index (κ1) is 12.8. The lowest BCUT2D eigenvalue weighted by molar-refractivity contribution is 0.0697. The maximum Gasteiger partial charge on any atom is 0.339 e.